The zero-order chi connectivity index (χ0) is 25.5. The van der Waals surface area contributed by atoms with Crippen LogP contribution in [0.25, 0.3) is 30.6 Å². The number of hydrogen-bond acceptors (Lipinski definition) is 3. The lowest BCUT2D eigenvalue weighted by Crippen LogP contribution is -2.10. The highest BCUT2D eigenvalue weighted by molar-refractivity contribution is 7.32. The molecule has 6 rings (SSSR count). The van der Waals surface area contributed by atoms with Crippen molar-refractivity contribution in [2.75, 3.05) is 4.90 Å². The highest BCUT2D eigenvalue weighted by Crippen LogP contribution is 2.41. The van der Waals surface area contributed by atoms with Gasteiger partial charge < -0.3 is 4.90 Å². The summed E-state index contributed by atoms with van der Waals surface area (Å²) >= 11 is 3.80. The third kappa shape index (κ3) is 4.58. The van der Waals surface area contributed by atoms with Gasteiger partial charge in [0.15, 0.2) is 0 Å². The number of rotatable bonds is 6. The second-order valence-corrected chi connectivity index (χ2v) is 12.3. The Morgan fingerprint density at radius 3 is 1.89 bits per heavy atom. The summed E-state index contributed by atoms with van der Waals surface area (Å²) in [5.74, 6) is 0.571. The van der Waals surface area contributed by atoms with Gasteiger partial charge in [-0.05, 0) is 91.4 Å². The van der Waals surface area contributed by atoms with Gasteiger partial charge in [0, 0.05) is 36.7 Å². The van der Waals surface area contributed by atoms with Crippen molar-refractivity contribution in [3.63, 3.8) is 0 Å². The number of nitrogens with zero attached hydrogens (tertiary/aromatic N) is 1. The zero-order valence-corrected chi connectivity index (χ0v) is 23.4. The minimum atomic E-state index is 0.571. The molecule has 0 N–H and O–H groups in total. The summed E-state index contributed by atoms with van der Waals surface area (Å²) in [5, 5.41) is 1.38. The summed E-state index contributed by atoms with van der Waals surface area (Å²) in [7, 11) is 0. The molecule has 0 aliphatic carbocycles. The largest absolute Gasteiger partial charge is 0.311 e. The van der Waals surface area contributed by atoms with Crippen molar-refractivity contribution in [1.29, 1.82) is 0 Å². The maximum atomic E-state index is 2.35. The van der Waals surface area contributed by atoms with Crippen molar-refractivity contribution in [2.24, 2.45) is 0 Å². The zero-order valence-electron chi connectivity index (χ0n) is 21.8. The van der Waals surface area contributed by atoms with Gasteiger partial charge in [-0.1, -0.05) is 67.9 Å². The minimum Gasteiger partial charge on any atom is -0.311 e. The van der Waals surface area contributed by atoms with Crippen LogP contribution in [-0.2, 0) is 0 Å². The van der Waals surface area contributed by atoms with Crippen LogP contribution in [0.2, 0.25) is 0 Å². The van der Waals surface area contributed by atoms with E-state index in [4.69, 9.17) is 0 Å². The van der Waals surface area contributed by atoms with E-state index in [0.29, 0.717) is 5.92 Å². The Hall–Kier alpha value is -3.40. The average molecular weight is 518 g/mol. The standard InChI is InChI=1S/C34H31NS2/c1-5-23(3)25-8-15-29(16-9-25)35(28-13-6-22(2)7-14-28)30-17-10-26(11-18-30)27-12-19-31-32(21-27)37-33-20-24(4)36-34(31)33/h6-21,23H,5H2,1-4H3. The lowest BCUT2D eigenvalue weighted by molar-refractivity contribution is 0.733. The highest BCUT2D eigenvalue weighted by Gasteiger charge is 2.14. The normalized spacial score (nSPS) is 12.3. The van der Waals surface area contributed by atoms with Gasteiger partial charge in [-0.15, -0.1) is 22.7 Å². The topological polar surface area (TPSA) is 3.24 Å². The Bertz CT molecular complexity index is 1670. The molecule has 3 heteroatoms. The molecule has 6 aromatic rings. The Balaban J connectivity index is 1.36. The molecule has 0 aliphatic rings. The Morgan fingerprint density at radius 1 is 0.649 bits per heavy atom. The summed E-state index contributed by atoms with van der Waals surface area (Å²) in [4.78, 5) is 3.73. The van der Waals surface area contributed by atoms with Crippen molar-refractivity contribution in [3.8, 4) is 11.1 Å². The molecule has 0 saturated carbocycles. The van der Waals surface area contributed by atoms with Crippen LogP contribution in [0.1, 0.15) is 42.2 Å². The molecule has 1 unspecified atom stereocenters. The van der Waals surface area contributed by atoms with Gasteiger partial charge in [-0.25, -0.2) is 0 Å². The number of anilines is 3. The lowest BCUT2D eigenvalue weighted by atomic mass is 9.98. The number of hydrogen-bond donors (Lipinski definition) is 0. The van der Waals surface area contributed by atoms with Gasteiger partial charge in [-0.3, -0.25) is 0 Å². The first-order valence-corrected chi connectivity index (χ1v) is 14.6. The molecule has 1 atom stereocenters. The molecule has 0 saturated heterocycles. The minimum absolute atomic E-state index is 0.571. The molecule has 0 fully saturated rings. The van der Waals surface area contributed by atoms with E-state index >= 15 is 0 Å². The Morgan fingerprint density at radius 2 is 1.24 bits per heavy atom. The number of benzene rings is 4. The third-order valence-corrected chi connectivity index (χ3v) is 9.66. The fourth-order valence-corrected chi connectivity index (χ4v) is 7.46. The molecule has 37 heavy (non-hydrogen) atoms. The SMILES string of the molecule is CCC(C)c1ccc(N(c2ccc(C)cc2)c2ccc(-c3ccc4c(c3)sc3cc(C)sc34)cc2)cc1. The first-order chi connectivity index (χ1) is 18.0. The van der Waals surface area contributed by atoms with Crippen LogP contribution in [0.3, 0.4) is 0 Å². The molecular weight excluding hydrogens is 487 g/mol. The van der Waals surface area contributed by atoms with E-state index in [1.807, 2.05) is 22.7 Å². The van der Waals surface area contributed by atoms with Crippen molar-refractivity contribution < 1.29 is 0 Å². The van der Waals surface area contributed by atoms with E-state index in [-0.39, 0.29) is 0 Å². The van der Waals surface area contributed by atoms with Gasteiger partial charge in [0.25, 0.3) is 0 Å². The van der Waals surface area contributed by atoms with Gasteiger partial charge in [0.05, 0.1) is 4.70 Å². The molecule has 0 amide bonds. The monoisotopic (exact) mass is 517 g/mol. The molecule has 0 aliphatic heterocycles. The quantitative estimate of drug-likeness (QED) is 0.212. The first kappa shape index (κ1) is 24.0. The molecule has 4 aromatic carbocycles. The van der Waals surface area contributed by atoms with E-state index in [2.05, 4.69) is 130 Å². The summed E-state index contributed by atoms with van der Waals surface area (Å²) < 4.78 is 4.19. The molecule has 0 spiro atoms. The van der Waals surface area contributed by atoms with Crippen molar-refractivity contribution in [1.82, 2.24) is 0 Å². The Labute approximate surface area is 227 Å². The van der Waals surface area contributed by atoms with E-state index in [9.17, 15) is 0 Å². The maximum absolute atomic E-state index is 2.35. The number of thiophene rings is 2. The summed E-state index contributed by atoms with van der Waals surface area (Å²) in [6.45, 7) is 8.88. The first-order valence-electron chi connectivity index (χ1n) is 13.0. The van der Waals surface area contributed by atoms with Gasteiger partial charge in [0.1, 0.15) is 0 Å². The van der Waals surface area contributed by atoms with E-state index in [1.54, 1.807) is 0 Å². The second kappa shape index (κ2) is 9.81. The number of fused-ring (bicyclic) bond motifs is 3. The molecule has 2 heterocycles. The van der Waals surface area contributed by atoms with Crippen molar-refractivity contribution in [3.05, 3.63) is 113 Å². The van der Waals surface area contributed by atoms with Gasteiger partial charge in [0.2, 0.25) is 0 Å². The maximum Gasteiger partial charge on any atom is 0.0532 e. The van der Waals surface area contributed by atoms with E-state index in [1.165, 1.54) is 58.0 Å². The third-order valence-electron chi connectivity index (χ3n) is 7.35. The van der Waals surface area contributed by atoms with Crippen LogP contribution < -0.4 is 4.90 Å². The van der Waals surface area contributed by atoms with Gasteiger partial charge >= 0.3 is 0 Å². The summed E-state index contributed by atoms with van der Waals surface area (Å²) in [6, 6.07) is 36.1. The van der Waals surface area contributed by atoms with E-state index in [0.717, 1.165) is 12.1 Å². The van der Waals surface area contributed by atoms with Crippen LogP contribution in [0, 0.1) is 13.8 Å². The van der Waals surface area contributed by atoms with Crippen LogP contribution in [0.5, 0.6) is 0 Å². The second-order valence-electron chi connectivity index (χ2n) is 9.98. The van der Waals surface area contributed by atoms with Crippen LogP contribution in [0.15, 0.2) is 97.1 Å². The molecular formula is C34H31NS2. The van der Waals surface area contributed by atoms with Crippen molar-refractivity contribution in [2.45, 2.75) is 40.0 Å². The predicted octanol–water partition coefficient (Wildman–Crippen LogP) is 11.4. The van der Waals surface area contributed by atoms with Crippen LogP contribution >= 0.6 is 22.7 Å². The van der Waals surface area contributed by atoms with E-state index < -0.39 is 0 Å². The predicted molar refractivity (Wildman–Crippen MR) is 166 cm³/mol. The summed E-state index contributed by atoms with van der Waals surface area (Å²) in [5.41, 5.74) is 8.69. The fraction of sp³-hybridized carbons (Fsp3) is 0.176. The molecule has 184 valence electrons. The van der Waals surface area contributed by atoms with Crippen LogP contribution in [-0.4, -0.2) is 0 Å². The number of aryl methyl sites for hydroxylation is 2. The lowest BCUT2D eigenvalue weighted by Gasteiger charge is -2.26. The van der Waals surface area contributed by atoms with Crippen molar-refractivity contribution >= 4 is 59.2 Å². The van der Waals surface area contributed by atoms with Crippen LogP contribution in [0.4, 0.5) is 17.1 Å². The Kier molecular flexibility index (Phi) is 6.36. The fourth-order valence-electron chi connectivity index (χ4n) is 4.98. The smallest absolute Gasteiger partial charge is 0.0532 e. The molecule has 0 radical (unpaired) electrons. The summed E-state index contributed by atoms with van der Waals surface area (Å²) in [6.07, 6.45) is 1.15. The highest BCUT2D eigenvalue weighted by atomic mass is 32.1. The molecule has 1 nitrogen and oxygen atoms in total. The molecule has 0 bridgehead atoms. The van der Waals surface area contributed by atoms with Gasteiger partial charge in [-0.2, -0.15) is 0 Å². The molecule has 2 aromatic heterocycles. The average Bonchev–Trinajstić information content (AvgIpc) is 3.45.